The molecule has 0 aliphatic heterocycles. The van der Waals surface area contributed by atoms with Gasteiger partial charge in [-0.2, -0.15) is 13.2 Å². The van der Waals surface area contributed by atoms with Gasteiger partial charge in [0.15, 0.2) is 0 Å². The van der Waals surface area contributed by atoms with Gasteiger partial charge in [0.25, 0.3) is 0 Å². The number of nitrogens with two attached hydrogens (primary N) is 1. The molecule has 0 saturated carbocycles. The highest BCUT2D eigenvalue weighted by Gasteiger charge is 2.29. The van der Waals surface area contributed by atoms with Crippen molar-refractivity contribution in [2.45, 2.75) is 12.8 Å². The molecular weight excluding hydrogens is 223 g/mol. The molecule has 0 amide bonds. The lowest BCUT2D eigenvalue weighted by Gasteiger charge is -2.07. The second-order valence-electron chi connectivity index (χ2n) is 3.06. The van der Waals surface area contributed by atoms with Gasteiger partial charge in [-0.15, -0.1) is 0 Å². The van der Waals surface area contributed by atoms with Crippen molar-refractivity contribution in [1.82, 2.24) is 0 Å². The molecule has 16 heavy (non-hydrogen) atoms. The van der Waals surface area contributed by atoms with Crippen LogP contribution in [-0.4, -0.2) is 12.5 Å². The van der Waals surface area contributed by atoms with Crippen LogP contribution >= 0.6 is 0 Å². The lowest BCUT2D eigenvalue weighted by Crippen LogP contribution is -2.16. The van der Waals surface area contributed by atoms with Crippen LogP contribution in [-0.2, 0) is 22.3 Å². The number of hydrogen-bond donors (Lipinski definition) is 1. The summed E-state index contributed by atoms with van der Waals surface area (Å²) in [5.41, 5.74) is 4.74. The highest BCUT2D eigenvalue weighted by atomic mass is 19.4. The predicted octanol–water partition coefficient (Wildman–Crippen LogP) is 1.71. The first-order valence-electron chi connectivity index (χ1n) is 4.45. The molecule has 0 aliphatic carbocycles. The van der Waals surface area contributed by atoms with Gasteiger partial charge in [-0.3, -0.25) is 4.79 Å². The Balaban J connectivity index is 2.62. The van der Waals surface area contributed by atoms with Crippen molar-refractivity contribution in [3.05, 3.63) is 35.4 Å². The Morgan fingerprint density at radius 1 is 1.25 bits per heavy atom. The normalized spacial score (nSPS) is 11.2. The fraction of sp³-hybridized carbons (Fsp3) is 0.300. The van der Waals surface area contributed by atoms with Crippen LogP contribution < -0.4 is 5.73 Å². The maximum Gasteiger partial charge on any atom is 0.416 e. The molecule has 0 aliphatic rings. The Kier molecular flexibility index (Phi) is 3.89. The van der Waals surface area contributed by atoms with Crippen LogP contribution in [0.1, 0.15) is 11.1 Å². The average molecular weight is 233 g/mol. The maximum absolute atomic E-state index is 12.2. The summed E-state index contributed by atoms with van der Waals surface area (Å²) < 4.78 is 41.2. The molecule has 6 heteroatoms. The van der Waals surface area contributed by atoms with Crippen LogP contribution in [0.15, 0.2) is 24.3 Å². The van der Waals surface area contributed by atoms with Gasteiger partial charge in [0.2, 0.25) is 0 Å². The summed E-state index contributed by atoms with van der Waals surface area (Å²) in [7, 11) is 0. The number of carbonyl (C=O) groups is 1. The molecule has 1 aromatic carbocycles. The number of alkyl halides is 3. The first kappa shape index (κ1) is 12.5. The van der Waals surface area contributed by atoms with Crippen molar-refractivity contribution >= 4 is 5.97 Å². The number of benzene rings is 1. The molecule has 1 rings (SSSR count). The lowest BCUT2D eigenvalue weighted by molar-refractivity contribution is -0.143. The second kappa shape index (κ2) is 4.98. The zero-order valence-corrected chi connectivity index (χ0v) is 8.25. The van der Waals surface area contributed by atoms with E-state index in [0.717, 1.165) is 12.1 Å². The van der Waals surface area contributed by atoms with Gasteiger partial charge in [-0.25, -0.2) is 0 Å². The van der Waals surface area contributed by atoms with E-state index in [-0.39, 0.29) is 13.2 Å². The third-order valence-electron chi connectivity index (χ3n) is 1.85. The van der Waals surface area contributed by atoms with E-state index in [4.69, 9.17) is 5.73 Å². The summed E-state index contributed by atoms with van der Waals surface area (Å²) in [6.45, 7) is -0.325. The first-order valence-corrected chi connectivity index (χ1v) is 4.45. The monoisotopic (exact) mass is 233 g/mol. The van der Waals surface area contributed by atoms with Crippen LogP contribution in [0.3, 0.4) is 0 Å². The molecule has 0 atom stereocenters. The van der Waals surface area contributed by atoms with Crippen molar-refractivity contribution in [2.24, 2.45) is 5.73 Å². The van der Waals surface area contributed by atoms with E-state index in [9.17, 15) is 18.0 Å². The standard InChI is InChI=1S/C10H10F3NO2/c11-10(12,13)8-3-1-7(2-4-8)6-16-9(15)5-14/h1-4H,5-6,14H2. The fourth-order valence-corrected chi connectivity index (χ4v) is 1.01. The van der Waals surface area contributed by atoms with Crippen molar-refractivity contribution in [2.75, 3.05) is 6.54 Å². The number of esters is 1. The van der Waals surface area contributed by atoms with Crippen LogP contribution in [0.25, 0.3) is 0 Å². The highest BCUT2D eigenvalue weighted by Crippen LogP contribution is 2.29. The van der Waals surface area contributed by atoms with Gasteiger partial charge in [-0.1, -0.05) is 12.1 Å². The topological polar surface area (TPSA) is 52.3 Å². The number of rotatable bonds is 3. The van der Waals surface area contributed by atoms with Crippen LogP contribution in [0.4, 0.5) is 13.2 Å². The number of hydrogen-bond acceptors (Lipinski definition) is 3. The second-order valence-corrected chi connectivity index (χ2v) is 3.06. The Bertz CT molecular complexity index is 359. The number of ether oxygens (including phenoxy) is 1. The molecule has 3 nitrogen and oxygen atoms in total. The third-order valence-corrected chi connectivity index (χ3v) is 1.85. The number of carbonyl (C=O) groups excluding carboxylic acids is 1. The predicted molar refractivity (Wildman–Crippen MR) is 50.3 cm³/mol. The largest absolute Gasteiger partial charge is 0.460 e. The van der Waals surface area contributed by atoms with E-state index in [1.165, 1.54) is 12.1 Å². The molecule has 0 fully saturated rings. The summed E-state index contributed by atoms with van der Waals surface area (Å²) in [5, 5.41) is 0. The first-order chi connectivity index (χ1) is 7.43. The average Bonchev–Trinajstić information content (AvgIpc) is 2.25. The molecule has 0 bridgehead atoms. The van der Waals surface area contributed by atoms with Gasteiger partial charge in [0, 0.05) is 0 Å². The van der Waals surface area contributed by atoms with Gasteiger partial charge >= 0.3 is 12.1 Å². The molecule has 0 heterocycles. The van der Waals surface area contributed by atoms with Gasteiger partial charge in [-0.05, 0) is 17.7 Å². The maximum atomic E-state index is 12.2. The molecule has 0 unspecified atom stereocenters. The van der Waals surface area contributed by atoms with Crippen molar-refractivity contribution in [1.29, 1.82) is 0 Å². The molecule has 1 aromatic rings. The van der Waals surface area contributed by atoms with Crippen molar-refractivity contribution in [3.63, 3.8) is 0 Å². The molecule has 0 aromatic heterocycles. The van der Waals surface area contributed by atoms with Crippen LogP contribution in [0, 0.1) is 0 Å². The minimum Gasteiger partial charge on any atom is -0.460 e. The van der Waals surface area contributed by atoms with E-state index in [0.29, 0.717) is 5.56 Å². The quantitative estimate of drug-likeness (QED) is 0.808. The fourth-order valence-electron chi connectivity index (χ4n) is 1.01. The Morgan fingerprint density at radius 3 is 2.25 bits per heavy atom. The van der Waals surface area contributed by atoms with E-state index in [1.54, 1.807) is 0 Å². The lowest BCUT2D eigenvalue weighted by atomic mass is 10.1. The molecule has 0 saturated heterocycles. The summed E-state index contributed by atoms with van der Waals surface area (Å²) in [5.74, 6) is -0.597. The smallest absolute Gasteiger partial charge is 0.416 e. The minimum absolute atomic E-state index is 0.0752. The molecule has 2 N–H and O–H groups in total. The van der Waals surface area contributed by atoms with Crippen molar-refractivity contribution < 1.29 is 22.7 Å². The summed E-state index contributed by atoms with van der Waals surface area (Å²) in [6.07, 6.45) is -4.35. The SMILES string of the molecule is NCC(=O)OCc1ccc(C(F)(F)F)cc1. The van der Waals surface area contributed by atoms with Gasteiger partial charge < -0.3 is 10.5 Å². The Hall–Kier alpha value is -1.56. The summed E-state index contributed by atoms with van der Waals surface area (Å²) in [4.78, 5) is 10.7. The van der Waals surface area contributed by atoms with Crippen LogP contribution in [0.5, 0.6) is 0 Å². The van der Waals surface area contributed by atoms with Gasteiger partial charge in [0.1, 0.15) is 6.61 Å². The zero-order chi connectivity index (χ0) is 12.2. The molecule has 0 radical (unpaired) electrons. The van der Waals surface area contributed by atoms with E-state index in [1.807, 2.05) is 0 Å². The minimum atomic E-state index is -4.35. The Morgan fingerprint density at radius 2 is 1.81 bits per heavy atom. The van der Waals surface area contributed by atoms with E-state index in [2.05, 4.69) is 4.74 Å². The molecule has 88 valence electrons. The highest BCUT2D eigenvalue weighted by molar-refractivity contribution is 5.71. The third kappa shape index (κ3) is 3.54. The van der Waals surface area contributed by atoms with Crippen LogP contribution in [0.2, 0.25) is 0 Å². The molecule has 0 spiro atoms. The van der Waals surface area contributed by atoms with Crippen molar-refractivity contribution in [3.8, 4) is 0 Å². The molecular formula is C10H10F3NO2. The van der Waals surface area contributed by atoms with Gasteiger partial charge in [0.05, 0.1) is 12.1 Å². The van der Waals surface area contributed by atoms with E-state index >= 15 is 0 Å². The summed E-state index contributed by atoms with van der Waals surface area (Å²) in [6, 6.07) is 4.39. The zero-order valence-electron chi connectivity index (χ0n) is 8.25. The Labute approximate surface area is 90.0 Å². The number of halogens is 3. The van der Waals surface area contributed by atoms with E-state index < -0.39 is 17.7 Å². The summed E-state index contributed by atoms with van der Waals surface area (Å²) >= 11 is 0.